The second-order valence-corrected chi connectivity index (χ2v) is 15.6. The summed E-state index contributed by atoms with van der Waals surface area (Å²) in [7, 11) is 1.20. The first-order valence-electron chi connectivity index (χ1n) is 17.2. The van der Waals surface area contributed by atoms with Gasteiger partial charge in [0, 0.05) is 37.4 Å². The second-order valence-electron chi connectivity index (χ2n) is 15.2. The monoisotopic (exact) mass is 868 g/mol. The van der Waals surface area contributed by atoms with Gasteiger partial charge in [0.1, 0.15) is 29.0 Å². The molecule has 4 rings (SSSR count). The smallest absolute Gasteiger partial charge is 0.462 e. The van der Waals surface area contributed by atoms with Crippen molar-refractivity contribution >= 4 is 47.0 Å². The number of nitriles is 1. The van der Waals surface area contributed by atoms with E-state index >= 15 is 0 Å². The molecule has 1 N–H and O–H groups in total. The standard InChI is InChI=1S/C36H37ClF8N6O8/c1-31(2,3)59-25(53)10-9-24(52)56-17-32(4,5)18-57-30(55)58-19-50(33(16-46)11-12-33)29(54)22-13-20(7-8-23(22)37)21-14-49(6)51(15-21)28-26(35(40,41)42)27(47-48-28)34(38,39)36(43,44)45/h7-10,13,15H,11-12,14,17-19H2,1-6H3,(H,47,48)/b10-9+. The number of nitrogens with zero attached hydrogens (tertiary/aromatic N) is 5. The molecule has 2 aromatic rings. The van der Waals surface area contributed by atoms with E-state index in [2.05, 4.69) is 5.10 Å². The zero-order chi connectivity index (χ0) is 44.5. The zero-order valence-electron chi connectivity index (χ0n) is 32.1. The Kier molecular flexibility index (Phi) is 13.1. The Hall–Kier alpha value is -5.43. The van der Waals surface area contributed by atoms with Crippen molar-refractivity contribution in [2.24, 2.45) is 5.41 Å². The number of carbonyl (C=O) groups excluding carboxylic acids is 4. The van der Waals surface area contributed by atoms with E-state index in [0.29, 0.717) is 5.01 Å². The molecule has 1 amide bonds. The third-order valence-corrected chi connectivity index (χ3v) is 8.81. The molecule has 322 valence electrons. The predicted octanol–water partition coefficient (Wildman–Crippen LogP) is 7.52. The summed E-state index contributed by atoms with van der Waals surface area (Å²) in [4.78, 5) is 51.3. The minimum atomic E-state index is -6.38. The van der Waals surface area contributed by atoms with Crippen molar-refractivity contribution in [3.8, 4) is 6.07 Å². The highest BCUT2D eigenvalue weighted by molar-refractivity contribution is 6.34. The van der Waals surface area contributed by atoms with Gasteiger partial charge in [0.25, 0.3) is 5.91 Å². The summed E-state index contributed by atoms with van der Waals surface area (Å²) in [6.07, 6.45) is -10.3. The number of anilines is 1. The van der Waals surface area contributed by atoms with Gasteiger partial charge in [0.05, 0.1) is 23.3 Å². The maximum Gasteiger partial charge on any atom is 0.510 e. The van der Waals surface area contributed by atoms with Gasteiger partial charge in [-0.25, -0.2) is 19.4 Å². The van der Waals surface area contributed by atoms with Gasteiger partial charge in [-0.3, -0.25) is 19.8 Å². The summed E-state index contributed by atoms with van der Waals surface area (Å²) in [5.41, 5.74) is -8.00. The van der Waals surface area contributed by atoms with Crippen molar-refractivity contribution in [2.45, 2.75) is 76.9 Å². The third-order valence-electron chi connectivity index (χ3n) is 8.48. The lowest BCUT2D eigenvalue weighted by molar-refractivity contribution is -0.292. The number of rotatable bonds is 13. The molecule has 23 heteroatoms. The lowest BCUT2D eigenvalue weighted by Crippen LogP contribution is -2.43. The number of hydrazine groups is 1. The van der Waals surface area contributed by atoms with Crippen LogP contribution < -0.4 is 5.01 Å². The van der Waals surface area contributed by atoms with E-state index in [4.69, 9.17) is 30.5 Å². The van der Waals surface area contributed by atoms with Crippen LogP contribution >= 0.6 is 11.6 Å². The minimum Gasteiger partial charge on any atom is -0.462 e. The fourth-order valence-corrected chi connectivity index (χ4v) is 5.55. The largest absolute Gasteiger partial charge is 0.510 e. The molecule has 2 heterocycles. The van der Waals surface area contributed by atoms with E-state index in [1.165, 1.54) is 30.3 Å². The van der Waals surface area contributed by atoms with E-state index in [1.807, 2.05) is 6.07 Å². The first kappa shape index (κ1) is 46.3. The Morgan fingerprint density at radius 2 is 1.58 bits per heavy atom. The quantitative estimate of drug-likeness (QED) is 0.0693. The summed E-state index contributed by atoms with van der Waals surface area (Å²) in [5, 5.41) is 15.8. The molecule has 1 aliphatic heterocycles. The number of H-pyrrole nitrogens is 1. The molecule has 1 aromatic heterocycles. The molecule has 0 radical (unpaired) electrons. The molecule has 1 saturated carbocycles. The third kappa shape index (κ3) is 11.0. The van der Waals surface area contributed by atoms with Crippen LogP contribution in [0, 0.1) is 16.7 Å². The minimum absolute atomic E-state index is 0.138. The van der Waals surface area contributed by atoms with Gasteiger partial charge >= 0.3 is 36.4 Å². The van der Waals surface area contributed by atoms with Gasteiger partial charge in [0.15, 0.2) is 12.5 Å². The Bertz CT molecular complexity index is 2070. The van der Waals surface area contributed by atoms with Crippen LogP contribution in [0.3, 0.4) is 0 Å². The summed E-state index contributed by atoms with van der Waals surface area (Å²) < 4.78 is 130. The number of halogens is 9. The molecule has 0 atom stereocenters. The highest BCUT2D eigenvalue weighted by Gasteiger charge is 2.63. The molecule has 2 aliphatic rings. The number of hydrogen-bond acceptors (Lipinski definition) is 12. The van der Waals surface area contributed by atoms with Gasteiger partial charge in [-0.2, -0.15) is 45.5 Å². The number of likely N-dealkylation sites (N-methyl/N-ethyl adjacent to an activating group) is 1. The SMILES string of the molecule is CN1CC(c2ccc(Cl)c(C(=O)N(COC(=O)OCC(C)(C)COC(=O)/C=C/C(=O)OC(C)(C)C)C3(C#N)CC3)c2)=CN1c1n[nH]c(C(F)(F)C(F)(F)F)c1C(F)(F)F. The van der Waals surface area contributed by atoms with Crippen molar-refractivity contribution in [2.75, 3.05) is 38.5 Å². The molecule has 0 saturated heterocycles. The normalized spacial score (nSPS) is 16.0. The van der Waals surface area contributed by atoms with Crippen LogP contribution in [0.15, 0.2) is 36.6 Å². The Morgan fingerprint density at radius 3 is 2.14 bits per heavy atom. The Morgan fingerprint density at radius 1 is 0.966 bits per heavy atom. The zero-order valence-corrected chi connectivity index (χ0v) is 32.9. The number of amides is 1. The number of benzene rings is 1. The van der Waals surface area contributed by atoms with Crippen molar-refractivity contribution < 1.29 is 73.2 Å². The van der Waals surface area contributed by atoms with Gasteiger partial charge in [0.2, 0.25) is 0 Å². The summed E-state index contributed by atoms with van der Waals surface area (Å²) >= 11 is 6.37. The molecular weight excluding hydrogens is 832 g/mol. The lowest BCUT2D eigenvalue weighted by Gasteiger charge is -2.28. The maximum absolute atomic E-state index is 14.2. The molecule has 0 spiro atoms. The molecule has 59 heavy (non-hydrogen) atoms. The van der Waals surface area contributed by atoms with Gasteiger partial charge in [-0.1, -0.05) is 31.5 Å². The summed E-state index contributed by atoms with van der Waals surface area (Å²) in [6, 6.07) is 5.80. The van der Waals surface area contributed by atoms with Gasteiger partial charge in [-0.15, -0.1) is 0 Å². The number of alkyl halides is 8. The van der Waals surface area contributed by atoms with Crippen molar-refractivity contribution in [3.05, 3.63) is 64.0 Å². The summed E-state index contributed by atoms with van der Waals surface area (Å²) in [6.45, 7) is 6.41. The molecule has 0 bridgehead atoms. The highest BCUT2D eigenvalue weighted by Crippen LogP contribution is 2.50. The van der Waals surface area contributed by atoms with Crippen LogP contribution in [0.4, 0.5) is 45.7 Å². The predicted molar refractivity (Wildman–Crippen MR) is 189 cm³/mol. The van der Waals surface area contributed by atoms with Crippen LogP contribution in [-0.4, -0.2) is 95.0 Å². The highest BCUT2D eigenvalue weighted by atomic mass is 35.5. The average molecular weight is 869 g/mol. The molecule has 1 aliphatic carbocycles. The van der Waals surface area contributed by atoms with Crippen LogP contribution in [0.5, 0.6) is 0 Å². The molecule has 0 unspecified atom stereocenters. The van der Waals surface area contributed by atoms with E-state index < -0.39 is 82.6 Å². The topological polar surface area (TPSA) is 167 Å². The molecule has 1 aromatic carbocycles. The number of esters is 2. The van der Waals surface area contributed by atoms with Crippen LogP contribution in [-0.2, 0) is 40.6 Å². The van der Waals surface area contributed by atoms with Crippen molar-refractivity contribution in [1.29, 1.82) is 5.26 Å². The number of aromatic nitrogens is 2. The van der Waals surface area contributed by atoms with E-state index in [0.717, 1.165) is 28.3 Å². The Labute approximate surface area is 336 Å². The van der Waals surface area contributed by atoms with Gasteiger partial charge in [-0.05, 0) is 56.9 Å². The fourth-order valence-electron chi connectivity index (χ4n) is 5.35. The van der Waals surface area contributed by atoms with E-state index in [-0.39, 0.29) is 54.3 Å². The fraction of sp³-hybridized carbons (Fsp3) is 0.500. The van der Waals surface area contributed by atoms with E-state index in [1.54, 1.807) is 34.6 Å². The summed E-state index contributed by atoms with van der Waals surface area (Å²) in [5.74, 6) is -9.80. The first-order valence-corrected chi connectivity index (χ1v) is 17.6. The molecular formula is C36H37ClF8N6O8. The van der Waals surface area contributed by atoms with Crippen molar-refractivity contribution in [1.82, 2.24) is 20.1 Å². The average Bonchev–Trinajstić information content (AvgIpc) is 3.59. The van der Waals surface area contributed by atoms with Crippen LogP contribution in [0.2, 0.25) is 5.02 Å². The number of aromatic amines is 1. The Balaban J connectivity index is 1.48. The second kappa shape index (κ2) is 16.7. The number of hydrogen-bond donors (Lipinski definition) is 1. The number of nitrogens with one attached hydrogen (secondary N) is 1. The lowest BCUT2D eigenvalue weighted by atomic mass is 9.96. The molecule has 1 fully saturated rings. The molecule has 14 nitrogen and oxygen atoms in total. The van der Waals surface area contributed by atoms with Crippen LogP contribution in [0.1, 0.15) is 74.6 Å². The first-order chi connectivity index (χ1) is 27.0. The van der Waals surface area contributed by atoms with Crippen molar-refractivity contribution in [3.63, 3.8) is 0 Å². The maximum atomic E-state index is 14.2. The number of ether oxygens (including phenoxy) is 4. The van der Waals surface area contributed by atoms with E-state index in [9.17, 15) is 59.6 Å². The van der Waals surface area contributed by atoms with Gasteiger partial charge < -0.3 is 18.9 Å². The van der Waals surface area contributed by atoms with Crippen LogP contribution in [0.25, 0.3) is 5.57 Å². The number of carbonyl (C=O) groups is 4.